The zero-order valence-electron chi connectivity index (χ0n) is 10.8. The first-order valence-electron chi connectivity index (χ1n) is 6.47. The largest absolute Gasteiger partial charge is 0.409 e. The fourth-order valence-corrected chi connectivity index (χ4v) is 3.18. The maximum absolute atomic E-state index is 12.4. The van der Waals surface area contributed by atoms with Crippen LogP contribution in [0.1, 0.15) is 31.2 Å². The summed E-state index contributed by atoms with van der Waals surface area (Å²) in [4.78, 5) is 14.2. The topological polar surface area (TPSA) is 78.9 Å². The smallest absolute Gasteiger partial charge is 0.227 e. The Morgan fingerprint density at radius 3 is 2.84 bits per heavy atom. The van der Waals surface area contributed by atoms with E-state index in [0.29, 0.717) is 6.42 Å². The van der Waals surface area contributed by atoms with Gasteiger partial charge in [-0.15, -0.1) is 0 Å². The summed E-state index contributed by atoms with van der Waals surface area (Å²) in [5.74, 6) is 0.141. The molecule has 1 aliphatic carbocycles. The Morgan fingerprint density at radius 2 is 2.26 bits per heavy atom. The van der Waals surface area contributed by atoms with E-state index in [9.17, 15) is 4.79 Å². The highest BCUT2D eigenvalue weighted by Crippen LogP contribution is 2.24. The van der Waals surface area contributed by atoms with Crippen molar-refractivity contribution in [1.29, 1.82) is 0 Å². The fraction of sp³-hybridized carbons (Fsp3) is 0.538. The van der Waals surface area contributed by atoms with Gasteiger partial charge in [0.1, 0.15) is 0 Å². The van der Waals surface area contributed by atoms with Gasteiger partial charge in [-0.2, -0.15) is 11.3 Å². The minimum Gasteiger partial charge on any atom is -0.409 e. The summed E-state index contributed by atoms with van der Waals surface area (Å²) in [5.41, 5.74) is 6.59. The molecule has 1 aromatic heterocycles. The van der Waals surface area contributed by atoms with E-state index in [0.717, 1.165) is 31.2 Å². The average Bonchev–Trinajstić information content (AvgIpc) is 3.08. The molecule has 0 atom stereocenters. The highest BCUT2D eigenvalue weighted by atomic mass is 32.1. The number of oxime groups is 1. The SMILES string of the molecule is NC(CN(C(=O)Cc1ccsc1)C1CCCC1)=NO. The molecule has 1 saturated carbocycles. The van der Waals surface area contributed by atoms with Crippen molar-refractivity contribution in [2.75, 3.05) is 6.54 Å². The summed E-state index contributed by atoms with van der Waals surface area (Å²) >= 11 is 1.58. The summed E-state index contributed by atoms with van der Waals surface area (Å²) in [6.45, 7) is 0.212. The van der Waals surface area contributed by atoms with E-state index in [-0.39, 0.29) is 24.3 Å². The number of hydrogen-bond acceptors (Lipinski definition) is 4. The molecule has 1 amide bonds. The maximum Gasteiger partial charge on any atom is 0.227 e. The molecule has 0 aromatic carbocycles. The lowest BCUT2D eigenvalue weighted by Crippen LogP contribution is -2.44. The van der Waals surface area contributed by atoms with Crippen LogP contribution in [-0.4, -0.2) is 34.4 Å². The van der Waals surface area contributed by atoms with Gasteiger partial charge < -0.3 is 15.8 Å². The van der Waals surface area contributed by atoms with Crippen molar-refractivity contribution >= 4 is 23.1 Å². The molecule has 0 unspecified atom stereocenters. The van der Waals surface area contributed by atoms with Crippen LogP contribution in [-0.2, 0) is 11.2 Å². The van der Waals surface area contributed by atoms with E-state index >= 15 is 0 Å². The van der Waals surface area contributed by atoms with Crippen molar-refractivity contribution in [2.45, 2.75) is 38.1 Å². The standard InChI is InChI=1S/C13H19N3O2S/c14-12(15-18)8-16(11-3-1-2-4-11)13(17)7-10-5-6-19-9-10/h5-6,9,11,18H,1-4,7-8H2,(H2,14,15). The Kier molecular flexibility index (Phi) is 4.79. The minimum atomic E-state index is 0.0527. The molecule has 104 valence electrons. The van der Waals surface area contributed by atoms with E-state index in [2.05, 4.69) is 5.16 Å². The Labute approximate surface area is 116 Å². The van der Waals surface area contributed by atoms with Gasteiger partial charge in [0, 0.05) is 6.04 Å². The van der Waals surface area contributed by atoms with Crippen molar-refractivity contribution in [3.05, 3.63) is 22.4 Å². The molecule has 0 bridgehead atoms. The summed E-state index contributed by atoms with van der Waals surface area (Å²) in [5, 5.41) is 15.6. The van der Waals surface area contributed by atoms with Gasteiger partial charge in [0.25, 0.3) is 0 Å². The highest BCUT2D eigenvalue weighted by Gasteiger charge is 2.27. The molecule has 1 fully saturated rings. The van der Waals surface area contributed by atoms with Crippen LogP contribution >= 0.6 is 11.3 Å². The van der Waals surface area contributed by atoms with Crippen LogP contribution in [0.15, 0.2) is 22.0 Å². The molecule has 1 heterocycles. The molecule has 5 nitrogen and oxygen atoms in total. The molecule has 6 heteroatoms. The lowest BCUT2D eigenvalue weighted by atomic mass is 10.1. The van der Waals surface area contributed by atoms with E-state index < -0.39 is 0 Å². The molecule has 2 rings (SSSR count). The number of thiophene rings is 1. The van der Waals surface area contributed by atoms with Crippen LogP contribution in [0.5, 0.6) is 0 Å². The van der Waals surface area contributed by atoms with Crippen LogP contribution in [0, 0.1) is 0 Å². The van der Waals surface area contributed by atoms with Crippen LogP contribution in [0.25, 0.3) is 0 Å². The number of carbonyl (C=O) groups excluding carboxylic acids is 1. The van der Waals surface area contributed by atoms with Crippen molar-refractivity contribution < 1.29 is 10.0 Å². The third-order valence-electron chi connectivity index (χ3n) is 3.48. The second-order valence-corrected chi connectivity index (χ2v) is 5.64. The number of rotatable bonds is 5. The average molecular weight is 281 g/mol. The predicted octanol–water partition coefficient (Wildman–Crippen LogP) is 1.81. The van der Waals surface area contributed by atoms with Gasteiger partial charge in [-0.25, -0.2) is 0 Å². The van der Waals surface area contributed by atoms with Crippen LogP contribution in [0.2, 0.25) is 0 Å². The molecule has 19 heavy (non-hydrogen) atoms. The number of amidine groups is 1. The van der Waals surface area contributed by atoms with E-state index in [4.69, 9.17) is 10.9 Å². The Balaban J connectivity index is 2.04. The van der Waals surface area contributed by atoms with E-state index in [1.165, 1.54) is 0 Å². The minimum absolute atomic E-state index is 0.0527. The maximum atomic E-state index is 12.4. The molecule has 0 aliphatic heterocycles. The van der Waals surface area contributed by atoms with Crippen molar-refractivity contribution in [3.63, 3.8) is 0 Å². The van der Waals surface area contributed by atoms with Crippen LogP contribution in [0.3, 0.4) is 0 Å². The molecule has 0 saturated heterocycles. The Morgan fingerprint density at radius 1 is 1.53 bits per heavy atom. The second-order valence-electron chi connectivity index (χ2n) is 4.86. The van der Waals surface area contributed by atoms with Gasteiger partial charge in [0.05, 0.1) is 13.0 Å². The van der Waals surface area contributed by atoms with Gasteiger partial charge in [0.2, 0.25) is 5.91 Å². The number of nitrogens with two attached hydrogens (primary N) is 1. The number of nitrogens with zero attached hydrogens (tertiary/aromatic N) is 2. The van der Waals surface area contributed by atoms with Gasteiger partial charge in [-0.3, -0.25) is 4.79 Å². The van der Waals surface area contributed by atoms with Gasteiger partial charge in [-0.05, 0) is 35.2 Å². The zero-order chi connectivity index (χ0) is 13.7. The number of amides is 1. The van der Waals surface area contributed by atoms with E-state index in [1.807, 2.05) is 16.8 Å². The predicted molar refractivity (Wildman–Crippen MR) is 75.4 cm³/mol. The zero-order valence-corrected chi connectivity index (χ0v) is 11.6. The van der Waals surface area contributed by atoms with Crippen LogP contribution in [0.4, 0.5) is 0 Å². The van der Waals surface area contributed by atoms with Gasteiger partial charge in [0.15, 0.2) is 5.84 Å². The first-order chi connectivity index (χ1) is 9.20. The fourth-order valence-electron chi connectivity index (χ4n) is 2.51. The summed E-state index contributed by atoms with van der Waals surface area (Å²) in [7, 11) is 0. The normalized spacial score (nSPS) is 16.7. The summed E-state index contributed by atoms with van der Waals surface area (Å²) in [6.07, 6.45) is 4.69. The highest BCUT2D eigenvalue weighted by molar-refractivity contribution is 7.07. The summed E-state index contributed by atoms with van der Waals surface area (Å²) in [6, 6.07) is 2.19. The lowest BCUT2D eigenvalue weighted by Gasteiger charge is -2.28. The lowest BCUT2D eigenvalue weighted by molar-refractivity contribution is -0.131. The van der Waals surface area contributed by atoms with Crippen molar-refractivity contribution in [3.8, 4) is 0 Å². The van der Waals surface area contributed by atoms with Gasteiger partial charge >= 0.3 is 0 Å². The molecular weight excluding hydrogens is 262 g/mol. The molecular formula is C13H19N3O2S. The monoisotopic (exact) mass is 281 g/mol. The quantitative estimate of drug-likeness (QED) is 0.374. The molecule has 0 radical (unpaired) electrons. The molecule has 1 aromatic rings. The third kappa shape index (κ3) is 3.70. The summed E-state index contributed by atoms with van der Waals surface area (Å²) < 4.78 is 0. The van der Waals surface area contributed by atoms with Crippen molar-refractivity contribution in [1.82, 2.24) is 4.90 Å². The molecule has 1 aliphatic rings. The first-order valence-corrected chi connectivity index (χ1v) is 7.42. The number of carbonyl (C=O) groups is 1. The van der Waals surface area contributed by atoms with E-state index in [1.54, 1.807) is 16.2 Å². The van der Waals surface area contributed by atoms with Crippen LogP contribution < -0.4 is 5.73 Å². The van der Waals surface area contributed by atoms with Crippen molar-refractivity contribution in [2.24, 2.45) is 10.9 Å². The number of hydrogen-bond donors (Lipinski definition) is 2. The Bertz CT molecular complexity index is 439. The second kappa shape index (κ2) is 6.56. The van der Waals surface area contributed by atoms with Gasteiger partial charge in [-0.1, -0.05) is 18.0 Å². The Hall–Kier alpha value is -1.56. The molecule has 3 N–H and O–H groups in total. The molecule has 0 spiro atoms. The first kappa shape index (κ1) is 13.9. The third-order valence-corrected chi connectivity index (χ3v) is 4.21.